The maximum Gasteiger partial charge on any atom is 0.304 e. The molecule has 4 rings (SSSR count). The van der Waals surface area contributed by atoms with Crippen LogP contribution >= 0.6 is 11.6 Å². The first-order valence-electron chi connectivity index (χ1n) is 14.4. The summed E-state index contributed by atoms with van der Waals surface area (Å²) >= 11 is 6.52. The fourth-order valence-electron chi connectivity index (χ4n) is 5.23. The van der Waals surface area contributed by atoms with Crippen LogP contribution in [0.15, 0.2) is 78.9 Å². The summed E-state index contributed by atoms with van der Waals surface area (Å²) < 4.78 is 42.5. The first-order chi connectivity index (χ1) is 20.6. The molecule has 3 aromatic rings. The number of benzene rings is 3. The molecule has 1 N–H and O–H groups in total. The van der Waals surface area contributed by atoms with Gasteiger partial charge in [-0.05, 0) is 54.3 Å². The second-order valence-electron chi connectivity index (χ2n) is 10.9. The van der Waals surface area contributed by atoms with Crippen molar-refractivity contribution in [1.82, 2.24) is 14.5 Å². The summed E-state index contributed by atoms with van der Waals surface area (Å²) in [5.41, 5.74) is 1.58. The Kier molecular flexibility index (Phi) is 11.2. The van der Waals surface area contributed by atoms with Gasteiger partial charge in [-0.15, -0.1) is 0 Å². The summed E-state index contributed by atoms with van der Waals surface area (Å²) in [7, 11) is -1.46. The van der Waals surface area contributed by atoms with E-state index >= 15 is 0 Å². The molecule has 0 saturated heterocycles. The van der Waals surface area contributed by atoms with Gasteiger partial charge in [0.1, 0.15) is 18.4 Å². The Morgan fingerprint density at radius 2 is 1.56 bits per heavy atom. The summed E-state index contributed by atoms with van der Waals surface area (Å²) in [6, 6.07) is 20.4. The Balaban J connectivity index is 1.75. The van der Waals surface area contributed by atoms with Crippen molar-refractivity contribution < 1.29 is 22.4 Å². The second kappa shape index (κ2) is 14.8. The van der Waals surface area contributed by atoms with Gasteiger partial charge in [-0.3, -0.25) is 9.59 Å². The van der Waals surface area contributed by atoms with Crippen LogP contribution in [-0.2, 0) is 32.8 Å². The van der Waals surface area contributed by atoms with E-state index in [1.165, 1.54) is 31.1 Å². The van der Waals surface area contributed by atoms with Crippen molar-refractivity contribution in [2.75, 3.05) is 24.9 Å². The summed E-state index contributed by atoms with van der Waals surface area (Å²) in [5.74, 6) is -1.45. The zero-order valence-corrected chi connectivity index (χ0v) is 26.0. The normalized spacial score (nSPS) is 14.7. The molecular weight excluding hydrogens is 591 g/mol. The molecule has 1 saturated carbocycles. The molecule has 1 aliphatic carbocycles. The molecular formula is C32H38ClFN4O4S. The minimum absolute atomic E-state index is 0.00150. The van der Waals surface area contributed by atoms with Gasteiger partial charge in [0.25, 0.3) is 0 Å². The lowest BCUT2D eigenvalue weighted by Gasteiger charge is -2.35. The Morgan fingerprint density at radius 1 is 0.930 bits per heavy atom. The highest BCUT2D eigenvalue weighted by Gasteiger charge is 2.35. The van der Waals surface area contributed by atoms with Crippen molar-refractivity contribution in [3.63, 3.8) is 0 Å². The first-order valence-corrected chi connectivity index (χ1v) is 16.2. The molecule has 11 heteroatoms. The van der Waals surface area contributed by atoms with Gasteiger partial charge < -0.3 is 10.2 Å². The molecule has 1 unspecified atom stereocenters. The monoisotopic (exact) mass is 628 g/mol. The van der Waals surface area contributed by atoms with E-state index in [-0.39, 0.29) is 30.6 Å². The Bertz CT molecular complexity index is 1480. The number of carbonyl (C=O) groups excluding carboxylic acids is 2. The maximum absolute atomic E-state index is 14.3. The Labute approximate surface area is 258 Å². The molecule has 1 aliphatic rings. The van der Waals surface area contributed by atoms with Crippen molar-refractivity contribution >= 4 is 39.3 Å². The smallest absolute Gasteiger partial charge is 0.304 e. The lowest BCUT2D eigenvalue weighted by atomic mass is 9.94. The van der Waals surface area contributed by atoms with Crippen LogP contribution in [0.4, 0.5) is 10.1 Å². The standard InChI is InChI=1S/C32H38ClFN4O4S/c1-36(2)43(41,42)38(28-19-17-26(34)18-20-28)23-31(39)37(22-25-13-9-10-16-29(25)33)30(21-24-11-5-3-6-12-24)32(40)35-27-14-7-4-8-15-27/h3,5-6,9-13,16-20,27,30H,4,7-8,14-15,21-23H2,1-2H3,(H,35,40). The number of hydrogen-bond acceptors (Lipinski definition) is 4. The highest BCUT2D eigenvalue weighted by atomic mass is 35.5. The quantitative estimate of drug-likeness (QED) is 0.299. The lowest BCUT2D eigenvalue weighted by Crippen LogP contribution is -2.55. The van der Waals surface area contributed by atoms with Crippen LogP contribution in [0, 0.1) is 5.82 Å². The van der Waals surface area contributed by atoms with Crippen LogP contribution < -0.4 is 9.62 Å². The van der Waals surface area contributed by atoms with Crippen LogP contribution in [0.1, 0.15) is 43.2 Å². The molecule has 0 heterocycles. The molecule has 43 heavy (non-hydrogen) atoms. The number of carbonyl (C=O) groups is 2. The number of nitrogens with zero attached hydrogens (tertiary/aromatic N) is 3. The molecule has 230 valence electrons. The third-order valence-corrected chi connectivity index (χ3v) is 9.84. The summed E-state index contributed by atoms with van der Waals surface area (Å²) in [4.78, 5) is 29.7. The number of amides is 2. The fraction of sp³-hybridized carbons (Fsp3) is 0.375. The number of nitrogens with one attached hydrogen (secondary N) is 1. The SMILES string of the molecule is CN(C)S(=O)(=O)N(CC(=O)N(Cc1ccccc1Cl)C(Cc1ccccc1)C(=O)NC1CCCCC1)c1ccc(F)cc1. The molecule has 1 atom stereocenters. The average Bonchev–Trinajstić information content (AvgIpc) is 3.00. The summed E-state index contributed by atoms with van der Waals surface area (Å²) in [6.45, 7) is -0.633. The fourth-order valence-corrected chi connectivity index (χ4v) is 6.48. The average molecular weight is 629 g/mol. The molecule has 0 radical (unpaired) electrons. The number of anilines is 1. The molecule has 0 aromatic heterocycles. The van der Waals surface area contributed by atoms with E-state index in [9.17, 15) is 22.4 Å². The van der Waals surface area contributed by atoms with Crippen molar-refractivity contribution in [3.8, 4) is 0 Å². The van der Waals surface area contributed by atoms with Crippen LogP contribution in [0.25, 0.3) is 0 Å². The van der Waals surface area contributed by atoms with Crippen molar-refractivity contribution in [2.24, 2.45) is 0 Å². The second-order valence-corrected chi connectivity index (χ2v) is 13.4. The van der Waals surface area contributed by atoms with Gasteiger partial charge in [-0.25, -0.2) is 8.70 Å². The van der Waals surface area contributed by atoms with Crippen LogP contribution in [0.5, 0.6) is 0 Å². The minimum Gasteiger partial charge on any atom is -0.352 e. The van der Waals surface area contributed by atoms with E-state index in [4.69, 9.17) is 11.6 Å². The van der Waals surface area contributed by atoms with Crippen molar-refractivity contribution in [3.05, 3.63) is 101 Å². The van der Waals surface area contributed by atoms with E-state index in [1.807, 2.05) is 30.3 Å². The Hall–Kier alpha value is -3.47. The minimum atomic E-state index is -4.17. The highest BCUT2D eigenvalue weighted by Crippen LogP contribution is 2.25. The van der Waals surface area contributed by atoms with Crippen molar-refractivity contribution in [1.29, 1.82) is 0 Å². The summed E-state index contributed by atoms with van der Waals surface area (Å²) in [5, 5.41) is 3.59. The van der Waals surface area contributed by atoms with E-state index in [0.717, 1.165) is 58.4 Å². The van der Waals surface area contributed by atoms with E-state index in [0.29, 0.717) is 10.6 Å². The summed E-state index contributed by atoms with van der Waals surface area (Å²) in [6.07, 6.45) is 5.10. The molecule has 8 nitrogen and oxygen atoms in total. The highest BCUT2D eigenvalue weighted by molar-refractivity contribution is 7.90. The van der Waals surface area contributed by atoms with E-state index in [1.54, 1.807) is 24.3 Å². The maximum atomic E-state index is 14.3. The molecule has 0 aliphatic heterocycles. The van der Waals surface area contributed by atoms with E-state index < -0.39 is 34.5 Å². The predicted molar refractivity (Wildman–Crippen MR) is 167 cm³/mol. The third-order valence-electron chi connectivity index (χ3n) is 7.65. The van der Waals surface area contributed by atoms with Crippen LogP contribution in [-0.4, -0.2) is 62.2 Å². The van der Waals surface area contributed by atoms with E-state index in [2.05, 4.69) is 5.32 Å². The van der Waals surface area contributed by atoms with Gasteiger partial charge in [0.05, 0.1) is 5.69 Å². The number of halogens is 2. The van der Waals surface area contributed by atoms with Gasteiger partial charge in [0.2, 0.25) is 11.8 Å². The molecule has 0 spiro atoms. The molecule has 2 amide bonds. The zero-order valence-electron chi connectivity index (χ0n) is 24.5. The predicted octanol–water partition coefficient (Wildman–Crippen LogP) is 5.18. The van der Waals surface area contributed by atoms with Gasteiger partial charge in [0.15, 0.2) is 0 Å². The first kappa shape index (κ1) is 32.4. The van der Waals surface area contributed by atoms with Gasteiger partial charge >= 0.3 is 10.2 Å². The van der Waals surface area contributed by atoms with Crippen LogP contribution in [0.3, 0.4) is 0 Å². The van der Waals surface area contributed by atoms with Gasteiger partial charge in [-0.2, -0.15) is 12.7 Å². The molecule has 3 aromatic carbocycles. The topological polar surface area (TPSA) is 90.0 Å². The number of rotatable bonds is 12. The molecule has 1 fully saturated rings. The Morgan fingerprint density at radius 3 is 2.19 bits per heavy atom. The third kappa shape index (κ3) is 8.55. The van der Waals surface area contributed by atoms with Gasteiger partial charge in [0, 0.05) is 38.1 Å². The number of hydrogen-bond donors (Lipinski definition) is 1. The zero-order chi connectivity index (χ0) is 31.0. The van der Waals surface area contributed by atoms with Gasteiger partial charge in [-0.1, -0.05) is 79.4 Å². The van der Waals surface area contributed by atoms with Crippen LogP contribution in [0.2, 0.25) is 5.02 Å². The van der Waals surface area contributed by atoms with Crippen molar-refractivity contribution in [2.45, 2.75) is 57.2 Å². The largest absolute Gasteiger partial charge is 0.352 e. The lowest BCUT2D eigenvalue weighted by molar-refractivity contribution is -0.140. The molecule has 0 bridgehead atoms.